The number of hydrogen-bond donors (Lipinski definition) is 2. The van der Waals surface area contributed by atoms with E-state index in [9.17, 15) is 22.8 Å². The fraction of sp³-hybridized carbons (Fsp3) is 0.107. The van der Waals surface area contributed by atoms with Gasteiger partial charge in [-0.1, -0.05) is 24.3 Å². The number of thiophene rings is 1. The molecule has 1 amide bonds. The van der Waals surface area contributed by atoms with E-state index < -0.39 is 17.7 Å². The van der Waals surface area contributed by atoms with Gasteiger partial charge in [-0.05, 0) is 63.8 Å². The number of halogens is 3. The Morgan fingerprint density at radius 2 is 1.68 bits per heavy atom. The number of fused-ring (bicyclic) bond motifs is 1. The Kier molecular flexibility index (Phi) is 6.73. The van der Waals surface area contributed by atoms with Crippen molar-refractivity contribution < 1.29 is 27.9 Å². The van der Waals surface area contributed by atoms with Crippen LogP contribution in [-0.4, -0.2) is 26.6 Å². The van der Waals surface area contributed by atoms with Crippen LogP contribution in [0.25, 0.3) is 16.6 Å². The number of carbonyl (C=O) groups excluding carboxylic acids is 1. The fourth-order valence-electron chi connectivity index (χ4n) is 4.15. The van der Waals surface area contributed by atoms with Gasteiger partial charge < -0.3 is 10.4 Å². The predicted octanol–water partition coefficient (Wildman–Crippen LogP) is 6.30. The van der Waals surface area contributed by atoms with Crippen LogP contribution in [0.3, 0.4) is 0 Å². The lowest BCUT2D eigenvalue weighted by Crippen LogP contribution is -2.23. The quantitative estimate of drug-likeness (QED) is 0.256. The highest BCUT2D eigenvalue weighted by Crippen LogP contribution is 2.31. The smallest absolute Gasteiger partial charge is 0.416 e. The lowest BCUT2D eigenvalue weighted by molar-refractivity contribution is -0.137. The minimum absolute atomic E-state index is 0.150. The van der Waals surface area contributed by atoms with Crippen molar-refractivity contribution in [1.29, 1.82) is 0 Å². The second-order valence-electron chi connectivity index (χ2n) is 8.67. The fourth-order valence-corrected chi connectivity index (χ4v) is 4.81. The van der Waals surface area contributed by atoms with Crippen LogP contribution in [0, 0.1) is 0 Å². The van der Waals surface area contributed by atoms with Gasteiger partial charge in [0, 0.05) is 30.3 Å². The number of carbonyl (C=O) groups is 2. The molecule has 0 saturated heterocycles. The zero-order valence-electron chi connectivity index (χ0n) is 19.7. The first-order chi connectivity index (χ1) is 18.2. The van der Waals surface area contributed by atoms with Crippen molar-refractivity contribution in [2.75, 3.05) is 0 Å². The average molecular weight is 536 g/mol. The van der Waals surface area contributed by atoms with E-state index in [0.717, 1.165) is 28.8 Å². The van der Waals surface area contributed by atoms with Crippen molar-refractivity contribution in [3.05, 3.63) is 117 Å². The number of pyridine rings is 1. The number of aromatic carboxylic acids is 1. The molecule has 0 unspecified atom stereocenters. The Morgan fingerprint density at radius 3 is 2.32 bits per heavy atom. The number of aromatic nitrogens is 2. The van der Waals surface area contributed by atoms with Crippen LogP contribution in [-0.2, 0) is 19.1 Å². The maximum absolute atomic E-state index is 13.4. The van der Waals surface area contributed by atoms with Crippen molar-refractivity contribution >= 4 is 28.7 Å². The highest BCUT2D eigenvalue weighted by Gasteiger charge is 2.30. The Hall–Kier alpha value is -4.44. The normalized spacial score (nSPS) is 11.6. The molecule has 0 saturated carbocycles. The standard InChI is InChI=1S/C28H20F3N3O3S/c29-28(30,31)23-7-3-17(4-8-23)11-21-14-33-34-15-22(20-9-10-38-16-20)12-24(25(21)34)26(35)32-13-18-1-5-19(6-2-18)27(36)37/h1-10,12,14-16H,11,13H2,(H,32,35)(H,36,37). The first-order valence-electron chi connectivity index (χ1n) is 11.5. The third kappa shape index (κ3) is 5.30. The van der Waals surface area contributed by atoms with Gasteiger partial charge in [-0.3, -0.25) is 4.79 Å². The maximum Gasteiger partial charge on any atom is 0.416 e. The molecule has 0 aliphatic heterocycles. The molecule has 5 rings (SSSR count). The number of benzene rings is 2. The monoisotopic (exact) mass is 535 g/mol. The van der Waals surface area contributed by atoms with Gasteiger partial charge in [0.05, 0.1) is 28.4 Å². The van der Waals surface area contributed by atoms with Gasteiger partial charge in [0.2, 0.25) is 0 Å². The third-order valence-corrected chi connectivity index (χ3v) is 6.80. The van der Waals surface area contributed by atoms with Crippen molar-refractivity contribution in [2.24, 2.45) is 0 Å². The Morgan fingerprint density at radius 1 is 0.974 bits per heavy atom. The van der Waals surface area contributed by atoms with Gasteiger partial charge >= 0.3 is 12.1 Å². The minimum Gasteiger partial charge on any atom is -0.478 e. The molecule has 2 aromatic carbocycles. The van der Waals surface area contributed by atoms with E-state index in [-0.39, 0.29) is 24.4 Å². The molecule has 0 fully saturated rings. The number of nitrogens with one attached hydrogen (secondary N) is 1. The number of carboxylic acids is 1. The molecule has 0 atom stereocenters. The largest absolute Gasteiger partial charge is 0.478 e. The molecular weight excluding hydrogens is 515 g/mol. The van der Waals surface area contributed by atoms with E-state index in [1.807, 2.05) is 23.0 Å². The highest BCUT2D eigenvalue weighted by molar-refractivity contribution is 7.08. The molecule has 3 aromatic heterocycles. The van der Waals surface area contributed by atoms with Crippen molar-refractivity contribution in [1.82, 2.24) is 14.9 Å². The second kappa shape index (κ2) is 10.1. The van der Waals surface area contributed by atoms with Gasteiger partial charge in [-0.2, -0.15) is 29.6 Å². The van der Waals surface area contributed by atoms with Crippen molar-refractivity contribution in [3.8, 4) is 11.1 Å². The summed E-state index contributed by atoms with van der Waals surface area (Å²) >= 11 is 1.52. The van der Waals surface area contributed by atoms with E-state index in [1.165, 1.54) is 35.6 Å². The van der Waals surface area contributed by atoms with Gasteiger partial charge in [-0.25, -0.2) is 9.31 Å². The molecular formula is C28H20F3N3O3S. The summed E-state index contributed by atoms with van der Waals surface area (Å²) in [5, 5.41) is 20.3. The van der Waals surface area contributed by atoms with Crippen molar-refractivity contribution in [2.45, 2.75) is 19.1 Å². The van der Waals surface area contributed by atoms with Gasteiger partial charge in [-0.15, -0.1) is 0 Å². The lowest BCUT2D eigenvalue weighted by Gasteiger charge is -2.11. The summed E-state index contributed by atoms with van der Waals surface area (Å²) in [4.78, 5) is 24.5. The molecule has 192 valence electrons. The van der Waals surface area contributed by atoms with Gasteiger partial charge in [0.25, 0.3) is 5.91 Å². The third-order valence-electron chi connectivity index (χ3n) is 6.12. The number of amides is 1. The van der Waals surface area contributed by atoms with Crippen LogP contribution in [0.15, 0.2) is 83.8 Å². The predicted molar refractivity (Wildman–Crippen MR) is 137 cm³/mol. The summed E-state index contributed by atoms with van der Waals surface area (Å²) in [7, 11) is 0. The van der Waals surface area contributed by atoms with E-state index >= 15 is 0 Å². The van der Waals surface area contributed by atoms with E-state index in [2.05, 4.69) is 10.4 Å². The summed E-state index contributed by atoms with van der Waals surface area (Å²) in [6, 6.07) is 14.8. The van der Waals surface area contributed by atoms with Crippen LogP contribution in [0.5, 0.6) is 0 Å². The van der Waals surface area contributed by atoms with Gasteiger partial charge in [0.15, 0.2) is 0 Å². The molecule has 0 spiro atoms. The minimum atomic E-state index is -4.42. The van der Waals surface area contributed by atoms with Crippen LogP contribution in [0.2, 0.25) is 0 Å². The molecule has 38 heavy (non-hydrogen) atoms. The highest BCUT2D eigenvalue weighted by atomic mass is 32.1. The van der Waals surface area contributed by atoms with E-state index in [4.69, 9.17) is 5.11 Å². The number of nitrogens with zero attached hydrogens (tertiary/aromatic N) is 2. The molecule has 6 nitrogen and oxygen atoms in total. The molecule has 0 aliphatic rings. The Balaban J connectivity index is 1.47. The molecule has 0 radical (unpaired) electrons. The van der Waals surface area contributed by atoms with Crippen LogP contribution in [0.1, 0.15) is 43.0 Å². The number of alkyl halides is 3. The summed E-state index contributed by atoms with van der Waals surface area (Å²) in [5.74, 6) is -1.39. The number of rotatable bonds is 7. The average Bonchev–Trinajstić information content (AvgIpc) is 3.57. The van der Waals surface area contributed by atoms with Crippen LogP contribution in [0.4, 0.5) is 13.2 Å². The van der Waals surface area contributed by atoms with Crippen LogP contribution < -0.4 is 5.32 Å². The van der Waals surface area contributed by atoms with Gasteiger partial charge in [0.1, 0.15) is 0 Å². The number of carboxylic acid groups (broad SMARTS) is 1. The molecule has 3 heterocycles. The summed E-state index contributed by atoms with van der Waals surface area (Å²) < 4.78 is 40.5. The molecule has 10 heteroatoms. The van der Waals surface area contributed by atoms with E-state index in [1.54, 1.807) is 28.9 Å². The zero-order valence-corrected chi connectivity index (χ0v) is 20.5. The summed E-state index contributed by atoms with van der Waals surface area (Å²) in [5.41, 5.74) is 4.14. The van der Waals surface area contributed by atoms with Crippen LogP contribution >= 0.6 is 11.3 Å². The second-order valence-corrected chi connectivity index (χ2v) is 9.45. The SMILES string of the molecule is O=C(O)c1ccc(CNC(=O)c2cc(-c3ccsc3)cn3ncc(Cc4ccc(C(F)(F)F)cc4)c23)cc1. The lowest BCUT2D eigenvalue weighted by atomic mass is 10.0. The Bertz CT molecular complexity index is 1610. The van der Waals surface area contributed by atoms with E-state index in [0.29, 0.717) is 22.2 Å². The molecule has 2 N–H and O–H groups in total. The molecule has 0 bridgehead atoms. The molecule has 0 aliphatic carbocycles. The molecule has 5 aromatic rings. The topological polar surface area (TPSA) is 83.7 Å². The summed E-state index contributed by atoms with van der Waals surface area (Å²) in [6.07, 6.45) is -0.697. The zero-order chi connectivity index (χ0) is 26.9. The maximum atomic E-state index is 13.4. The van der Waals surface area contributed by atoms with Crippen molar-refractivity contribution in [3.63, 3.8) is 0 Å². The number of hydrogen-bond acceptors (Lipinski definition) is 4. The first-order valence-corrected chi connectivity index (χ1v) is 12.4. The Labute approximate surface area is 219 Å². The summed E-state index contributed by atoms with van der Waals surface area (Å²) in [6.45, 7) is 0.177. The first kappa shape index (κ1) is 25.2.